The largest absolute Gasteiger partial charge is 0.319 e. The van der Waals surface area contributed by atoms with Gasteiger partial charge in [-0.15, -0.1) is 5.10 Å². The highest BCUT2D eigenvalue weighted by molar-refractivity contribution is 7.91. The number of nitrogens with one attached hydrogen (secondary N) is 1. The third-order valence-corrected chi connectivity index (χ3v) is 5.42. The summed E-state index contributed by atoms with van der Waals surface area (Å²) in [5, 5.41) is 13.1. The minimum Gasteiger partial charge on any atom is -0.319 e. The zero-order chi connectivity index (χ0) is 18.7. The van der Waals surface area contributed by atoms with Gasteiger partial charge in [-0.05, 0) is 52.9 Å². The van der Waals surface area contributed by atoms with Gasteiger partial charge < -0.3 is 5.32 Å². The molecule has 10 heteroatoms. The van der Waals surface area contributed by atoms with Crippen molar-refractivity contribution in [3.63, 3.8) is 0 Å². The number of sulfone groups is 1. The average molecular weight is 375 g/mol. The summed E-state index contributed by atoms with van der Waals surface area (Å²) < 4.78 is 38.9. The van der Waals surface area contributed by atoms with Crippen LogP contribution in [0, 0.1) is 5.82 Å². The summed E-state index contributed by atoms with van der Waals surface area (Å²) in [6.45, 7) is 1.54. The Labute approximate surface area is 148 Å². The molecule has 1 N–H and O–H groups in total. The van der Waals surface area contributed by atoms with Gasteiger partial charge in [0.2, 0.25) is 0 Å². The summed E-state index contributed by atoms with van der Waals surface area (Å²) >= 11 is 0. The quantitative estimate of drug-likeness (QED) is 0.729. The number of hydrogen-bond donors (Lipinski definition) is 1. The van der Waals surface area contributed by atoms with Crippen molar-refractivity contribution in [2.45, 2.75) is 11.8 Å². The number of aromatic nitrogens is 4. The van der Waals surface area contributed by atoms with Crippen LogP contribution in [0.3, 0.4) is 0 Å². The molecule has 26 heavy (non-hydrogen) atoms. The number of benzene rings is 2. The molecule has 0 aliphatic carbocycles. The number of tetrazole rings is 1. The van der Waals surface area contributed by atoms with Gasteiger partial charge in [-0.1, -0.05) is 6.92 Å². The fraction of sp³-hybridized carbons (Fsp3) is 0.125. The van der Waals surface area contributed by atoms with Crippen LogP contribution in [-0.4, -0.2) is 40.3 Å². The van der Waals surface area contributed by atoms with E-state index in [4.69, 9.17) is 0 Å². The van der Waals surface area contributed by atoms with Crippen molar-refractivity contribution in [3.8, 4) is 5.69 Å². The van der Waals surface area contributed by atoms with Gasteiger partial charge in [0.15, 0.2) is 9.84 Å². The van der Waals surface area contributed by atoms with Crippen LogP contribution in [0.4, 0.5) is 10.1 Å². The predicted molar refractivity (Wildman–Crippen MR) is 91.2 cm³/mol. The normalized spacial score (nSPS) is 11.3. The second kappa shape index (κ2) is 7.00. The lowest BCUT2D eigenvalue weighted by atomic mass is 10.2. The lowest BCUT2D eigenvalue weighted by Crippen LogP contribution is -2.14. The SMILES string of the molecule is CCS(=O)(=O)c1ccc(C(=O)Nc2cc(-n3cnnn3)ccc2F)cc1. The number of carbonyl (C=O) groups is 1. The molecule has 0 saturated carbocycles. The Hall–Kier alpha value is -3.14. The maximum atomic E-state index is 14.0. The molecule has 0 aliphatic rings. The molecule has 0 spiro atoms. The lowest BCUT2D eigenvalue weighted by Gasteiger charge is -2.09. The standard InChI is InChI=1S/C16H14FN5O3S/c1-2-26(24,25)13-6-3-11(4-7-13)16(23)19-15-9-12(5-8-14(15)17)22-10-18-20-21-22/h3-10H,2H2,1H3,(H,19,23). The summed E-state index contributed by atoms with van der Waals surface area (Å²) in [4.78, 5) is 12.4. The van der Waals surface area contributed by atoms with E-state index in [9.17, 15) is 17.6 Å². The van der Waals surface area contributed by atoms with Crippen molar-refractivity contribution < 1.29 is 17.6 Å². The number of rotatable bonds is 5. The highest BCUT2D eigenvalue weighted by Crippen LogP contribution is 2.20. The Morgan fingerprint density at radius 3 is 2.54 bits per heavy atom. The summed E-state index contributed by atoms with van der Waals surface area (Å²) in [5.74, 6) is -1.23. The second-order valence-corrected chi connectivity index (χ2v) is 7.58. The van der Waals surface area contributed by atoms with Crippen LogP contribution >= 0.6 is 0 Å². The number of anilines is 1. The van der Waals surface area contributed by atoms with E-state index in [2.05, 4.69) is 20.8 Å². The third-order valence-electron chi connectivity index (χ3n) is 3.67. The Kier molecular flexibility index (Phi) is 4.76. The van der Waals surface area contributed by atoms with Crippen LogP contribution in [0.15, 0.2) is 53.7 Å². The fourth-order valence-electron chi connectivity index (χ4n) is 2.21. The minimum absolute atomic E-state index is 0.0340. The van der Waals surface area contributed by atoms with E-state index in [1.807, 2.05) is 0 Å². The Morgan fingerprint density at radius 1 is 1.19 bits per heavy atom. The number of carbonyl (C=O) groups excluding carboxylic acids is 1. The summed E-state index contributed by atoms with van der Waals surface area (Å²) in [6.07, 6.45) is 1.34. The van der Waals surface area contributed by atoms with Crippen LogP contribution in [0.2, 0.25) is 0 Å². The number of amides is 1. The van der Waals surface area contributed by atoms with Gasteiger partial charge in [0.05, 0.1) is 22.0 Å². The molecular formula is C16H14FN5O3S. The van der Waals surface area contributed by atoms with Gasteiger partial charge in [-0.2, -0.15) is 0 Å². The van der Waals surface area contributed by atoms with Crippen molar-refractivity contribution in [3.05, 3.63) is 60.2 Å². The van der Waals surface area contributed by atoms with Crippen LogP contribution in [0.5, 0.6) is 0 Å². The fourth-order valence-corrected chi connectivity index (χ4v) is 3.09. The first-order chi connectivity index (χ1) is 12.4. The van der Waals surface area contributed by atoms with Crippen molar-refractivity contribution in [2.24, 2.45) is 0 Å². The molecule has 3 aromatic rings. The van der Waals surface area contributed by atoms with Gasteiger partial charge in [0.25, 0.3) is 5.91 Å². The molecule has 1 heterocycles. The zero-order valence-electron chi connectivity index (χ0n) is 13.6. The molecule has 0 aliphatic heterocycles. The van der Waals surface area contributed by atoms with E-state index in [1.54, 1.807) is 0 Å². The van der Waals surface area contributed by atoms with Gasteiger partial charge in [0.1, 0.15) is 12.1 Å². The molecule has 0 saturated heterocycles. The van der Waals surface area contributed by atoms with Gasteiger partial charge >= 0.3 is 0 Å². The molecule has 1 aromatic heterocycles. The summed E-state index contributed by atoms with van der Waals surface area (Å²) in [7, 11) is -3.35. The highest BCUT2D eigenvalue weighted by atomic mass is 32.2. The Balaban J connectivity index is 1.83. The Bertz CT molecular complexity index is 1030. The van der Waals surface area contributed by atoms with E-state index in [0.29, 0.717) is 5.69 Å². The predicted octanol–water partition coefficient (Wildman–Crippen LogP) is 1.85. The molecule has 3 rings (SSSR count). The van der Waals surface area contributed by atoms with Crippen LogP contribution in [0.25, 0.3) is 5.69 Å². The second-order valence-electron chi connectivity index (χ2n) is 5.30. The minimum atomic E-state index is -3.35. The smallest absolute Gasteiger partial charge is 0.255 e. The lowest BCUT2D eigenvalue weighted by molar-refractivity contribution is 0.102. The molecular weight excluding hydrogens is 361 g/mol. The number of hydrogen-bond acceptors (Lipinski definition) is 6. The van der Waals surface area contributed by atoms with Crippen LogP contribution < -0.4 is 5.32 Å². The van der Waals surface area contributed by atoms with Crippen molar-refractivity contribution >= 4 is 21.4 Å². The van der Waals surface area contributed by atoms with Crippen molar-refractivity contribution in [1.82, 2.24) is 20.2 Å². The van der Waals surface area contributed by atoms with Crippen molar-refractivity contribution in [1.29, 1.82) is 0 Å². The molecule has 0 bridgehead atoms. The first-order valence-corrected chi connectivity index (χ1v) is 9.23. The van der Waals surface area contributed by atoms with Crippen molar-refractivity contribution in [2.75, 3.05) is 11.1 Å². The number of halogens is 1. The average Bonchev–Trinajstić information content (AvgIpc) is 3.18. The first-order valence-electron chi connectivity index (χ1n) is 7.58. The van der Waals surface area contributed by atoms with Gasteiger partial charge in [0, 0.05) is 5.56 Å². The summed E-state index contributed by atoms with van der Waals surface area (Å²) in [5.41, 5.74) is 0.622. The molecule has 2 aromatic carbocycles. The van der Waals surface area contributed by atoms with E-state index in [0.717, 1.165) is 0 Å². The molecule has 0 unspecified atom stereocenters. The molecule has 0 fully saturated rings. The highest BCUT2D eigenvalue weighted by Gasteiger charge is 2.14. The van der Waals surface area contributed by atoms with E-state index >= 15 is 0 Å². The zero-order valence-corrected chi connectivity index (χ0v) is 14.4. The van der Waals surface area contributed by atoms with Crippen LogP contribution in [0.1, 0.15) is 17.3 Å². The number of nitrogens with zero attached hydrogens (tertiary/aromatic N) is 4. The molecule has 0 radical (unpaired) electrons. The maximum Gasteiger partial charge on any atom is 0.255 e. The van der Waals surface area contributed by atoms with E-state index in [1.165, 1.54) is 60.4 Å². The molecule has 1 amide bonds. The van der Waals surface area contributed by atoms with Gasteiger partial charge in [-0.3, -0.25) is 4.79 Å². The third kappa shape index (κ3) is 3.59. The van der Waals surface area contributed by atoms with E-state index in [-0.39, 0.29) is 21.9 Å². The first kappa shape index (κ1) is 17.7. The van der Waals surface area contributed by atoms with Gasteiger partial charge in [-0.25, -0.2) is 17.5 Å². The topological polar surface area (TPSA) is 107 Å². The molecule has 134 valence electrons. The Morgan fingerprint density at radius 2 is 1.92 bits per heavy atom. The molecule has 8 nitrogen and oxygen atoms in total. The monoisotopic (exact) mass is 375 g/mol. The molecule has 0 atom stereocenters. The summed E-state index contributed by atoms with van der Waals surface area (Å²) in [6, 6.07) is 9.49. The van der Waals surface area contributed by atoms with Crippen LogP contribution in [-0.2, 0) is 9.84 Å². The van der Waals surface area contributed by atoms with E-state index < -0.39 is 21.6 Å². The maximum absolute atomic E-state index is 14.0.